The van der Waals surface area contributed by atoms with E-state index in [4.69, 9.17) is 14.9 Å². The van der Waals surface area contributed by atoms with Crippen molar-refractivity contribution in [3.63, 3.8) is 0 Å². The zero-order valence-corrected chi connectivity index (χ0v) is 22.0. The van der Waals surface area contributed by atoms with Crippen LogP contribution in [0.3, 0.4) is 0 Å². The second kappa shape index (κ2) is 11.3. The number of nitrogens with one attached hydrogen (secondary N) is 1. The summed E-state index contributed by atoms with van der Waals surface area (Å²) in [5.74, 6) is -0.321. The number of fused-ring (bicyclic) bond motifs is 2. The van der Waals surface area contributed by atoms with Crippen molar-refractivity contribution in [1.29, 1.82) is 0 Å². The highest BCUT2D eigenvalue weighted by Crippen LogP contribution is 2.33. The van der Waals surface area contributed by atoms with E-state index >= 15 is 0 Å². The Balaban J connectivity index is 0.000000479. The Morgan fingerprint density at radius 2 is 1.65 bits per heavy atom. The van der Waals surface area contributed by atoms with E-state index in [2.05, 4.69) is 42.5 Å². The summed E-state index contributed by atoms with van der Waals surface area (Å²) in [6.07, 6.45) is -2.18. The molecular weight excluding hydrogens is 493 g/mol. The summed E-state index contributed by atoms with van der Waals surface area (Å²) < 4.78 is 36.8. The second-order valence-corrected chi connectivity index (χ2v) is 10.7. The second-order valence-electron chi connectivity index (χ2n) is 10.7. The zero-order chi connectivity index (χ0) is 27.7. The maximum atomic E-state index is 13.5. The van der Waals surface area contributed by atoms with Crippen molar-refractivity contribution in [1.82, 2.24) is 24.0 Å². The molecular formula is C24H37F3N6O4. The average molecular weight is 531 g/mol. The van der Waals surface area contributed by atoms with Crippen molar-refractivity contribution < 1.29 is 23.1 Å². The lowest BCUT2D eigenvalue weighted by atomic mass is 10.1. The summed E-state index contributed by atoms with van der Waals surface area (Å²) in [7, 11) is 1.74. The highest BCUT2D eigenvalue weighted by molar-refractivity contribution is 5.75. The van der Waals surface area contributed by atoms with Crippen molar-refractivity contribution >= 4 is 23.1 Å². The van der Waals surface area contributed by atoms with Crippen LogP contribution in [0, 0.1) is 17.8 Å². The summed E-state index contributed by atoms with van der Waals surface area (Å²) in [4.78, 5) is 42.6. The number of imidazole rings is 1. The van der Waals surface area contributed by atoms with Crippen molar-refractivity contribution in [3.05, 3.63) is 20.8 Å². The minimum absolute atomic E-state index is 0.198. The Labute approximate surface area is 213 Å². The lowest BCUT2D eigenvalue weighted by molar-refractivity contribution is -0.192. The molecule has 2 unspecified atom stereocenters. The van der Waals surface area contributed by atoms with Gasteiger partial charge in [-0.05, 0) is 37.0 Å². The Hall–Kier alpha value is -2.83. The number of aliphatic carboxylic acids is 1. The van der Waals surface area contributed by atoms with E-state index < -0.39 is 12.1 Å². The van der Waals surface area contributed by atoms with E-state index in [1.807, 2.05) is 0 Å². The van der Waals surface area contributed by atoms with E-state index in [1.54, 1.807) is 11.6 Å². The van der Waals surface area contributed by atoms with E-state index in [1.165, 1.54) is 4.57 Å². The molecule has 2 aliphatic heterocycles. The predicted octanol–water partition coefficient (Wildman–Crippen LogP) is 2.42. The number of hydrogen-bond acceptors (Lipinski definition) is 6. The molecule has 0 spiro atoms. The number of alkyl halides is 3. The van der Waals surface area contributed by atoms with Gasteiger partial charge in [0, 0.05) is 45.8 Å². The van der Waals surface area contributed by atoms with E-state index in [-0.39, 0.29) is 11.2 Å². The summed E-state index contributed by atoms with van der Waals surface area (Å²) in [5.41, 5.74) is 0.622. The Kier molecular flexibility index (Phi) is 8.76. The minimum Gasteiger partial charge on any atom is -0.475 e. The molecule has 2 aromatic rings. The van der Waals surface area contributed by atoms with Gasteiger partial charge in [0.15, 0.2) is 11.2 Å². The van der Waals surface area contributed by atoms with Crippen LogP contribution < -0.4 is 21.5 Å². The van der Waals surface area contributed by atoms with Crippen LogP contribution in [0.25, 0.3) is 11.2 Å². The molecule has 2 N–H and O–H groups in total. The zero-order valence-electron chi connectivity index (χ0n) is 22.0. The first kappa shape index (κ1) is 28.7. The number of anilines is 1. The highest BCUT2D eigenvalue weighted by atomic mass is 19.4. The lowest BCUT2D eigenvalue weighted by Crippen LogP contribution is -2.40. The van der Waals surface area contributed by atoms with Crippen LogP contribution >= 0.6 is 0 Å². The van der Waals surface area contributed by atoms with E-state index in [0.29, 0.717) is 41.5 Å². The fourth-order valence-electron chi connectivity index (χ4n) is 4.86. The van der Waals surface area contributed by atoms with Crippen LogP contribution in [-0.4, -0.2) is 61.6 Å². The van der Waals surface area contributed by atoms with E-state index in [0.717, 1.165) is 51.4 Å². The van der Waals surface area contributed by atoms with Crippen molar-refractivity contribution in [3.8, 4) is 0 Å². The number of halogens is 3. The van der Waals surface area contributed by atoms with Crippen molar-refractivity contribution in [2.75, 3.05) is 24.5 Å². The maximum Gasteiger partial charge on any atom is 0.490 e. The molecule has 0 aromatic carbocycles. The Morgan fingerprint density at radius 3 is 2.19 bits per heavy atom. The summed E-state index contributed by atoms with van der Waals surface area (Å²) in [6, 6.07) is 0.416. The van der Waals surface area contributed by atoms with Gasteiger partial charge in [0.1, 0.15) is 0 Å². The fraction of sp³-hybridized carbons (Fsp3) is 0.750. The summed E-state index contributed by atoms with van der Waals surface area (Å²) >= 11 is 0. The maximum absolute atomic E-state index is 13.5. The molecule has 4 heterocycles. The van der Waals surface area contributed by atoms with Gasteiger partial charge in [0.2, 0.25) is 5.95 Å². The van der Waals surface area contributed by atoms with Crippen LogP contribution in [0.5, 0.6) is 0 Å². The molecule has 208 valence electrons. The first-order chi connectivity index (χ1) is 17.2. The highest BCUT2D eigenvalue weighted by Gasteiger charge is 2.40. The molecule has 37 heavy (non-hydrogen) atoms. The molecule has 13 heteroatoms. The van der Waals surface area contributed by atoms with Gasteiger partial charge in [-0.15, -0.1) is 0 Å². The third-order valence-corrected chi connectivity index (χ3v) is 7.02. The number of carboxylic acid groups (broad SMARTS) is 1. The molecule has 0 aliphatic carbocycles. The monoisotopic (exact) mass is 530 g/mol. The molecule has 0 bridgehead atoms. The SMILES string of the molecule is CC(C)CCn1c(=O)c2c(nc(N3CCC4CNCC43)n2CCC(C)C)n(C)c1=O.O=C(O)C(F)(F)F. The molecule has 2 aliphatic rings. The lowest BCUT2D eigenvalue weighted by Gasteiger charge is -2.25. The summed E-state index contributed by atoms with van der Waals surface area (Å²) in [6.45, 7) is 12.8. The predicted molar refractivity (Wildman–Crippen MR) is 134 cm³/mol. The average Bonchev–Trinajstić information content (AvgIpc) is 3.50. The van der Waals surface area contributed by atoms with Gasteiger partial charge >= 0.3 is 17.8 Å². The van der Waals surface area contributed by atoms with Gasteiger partial charge in [-0.2, -0.15) is 18.2 Å². The Morgan fingerprint density at radius 1 is 1.08 bits per heavy atom. The first-order valence-electron chi connectivity index (χ1n) is 12.7. The third-order valence-electron chi connectivity index (χ3n) is 7.02. The number of aromatic nitrogens is 4. The van der Waals surface area contributed by atoms with Gasteiger partial charge in [-0.1, -0.05) is 27.7 Å². The fourth-order valence-corrected chi connectivity index (χ4v) is 4.86. The molecule has 0 saturated carbocycles. The quantitative estimate of drug-likeness (QED) is 0.565. The largest absolute Gasteiger partial charge is 0.490 e. The molecule has 10 nitrogen and oxygen atoms in total. The molecule has 0 radical (unpaired) electrons. The van der Waals surface area contributed by atoms with Gasteiger partial charge in [-0.25, -0.2) is 9.59 Å². The molecule has 2 aromatic heterocycles. The minimum atomic E-state index is -5.08. The van der Waals surface area contributed by atoms with Crippen LogP contribution in [0.1, 0.15) is 47.0 Å². The molecule has 2 saturated heterocycles. The van der Waals surface area contributed by atoms with Crippen LogP contribution in [0.15, 0.2) is 9.59 Å². The van der Waals surface area contributed by atoms with Crippen LogP contribution in [-0.2, 0) is 24.9 Å². The number of hydrogen-bond donors (Lipinski definition) is 2. The number of carboxylic acids is 1. The van der Waals surface area contributed by atoms with Gasteiger partial charge in [0.05, 0.1) is 0 Å². The van der Waals surface area contributed by atoms with Crippen LogP contribution in [0.4, 0.5) is 19.1 Å². The normalized spacial score (nSPS) is 19.6. The smallest absolute Gasteiger partial charge is 0.475 e. The molecule has 4 rings (SSSR count). The standard InChI is InChI=1S/C22H36N6O2.C2HF3O2/c1-14(2)6-9-27-18-19(24-21(27)26-11-8-16-12-23-13-17(16)26)25(5)22(30)28(20(18)29)10-7-15(3)4;3-2(4,5)1(6)7/h14-17,23H,6-13H2,1-5H3;(H,6,7). The van der Waals surface area contributed by atoms with Gasteiger partial charge in [-0.3, -0.25) is 13.9 Å². The van der Waals surface area contributed by atoms with Gasteiger partial charge in [0.25, 0.3) is 5.56 Å². The first-order valence-corrected chi connectivity index (χ1v) is 12.7. The van der Waals surface area contributed by atoms with Crippen molar-refractivity contribution in [2.24, 2.45) is 24.8 Å². The van der Waals surface area contributed by atoms with Crippen LogP contribution in [0.2, 0.25) is 0 Å². The number of rotatable bonds is 7. The summed E-state index contributed by atoms with van der Waals surface area (Å²) in [5, 5.41) is 10.6. The van der Waals surface area contributed by atoms with Crippen molar-refractivity contribution in [2.45, 2.75) is 72.3 Å². The number of carbonyl (C=O) groups is 1. The molecule has 0 amide bonds. The number of nitrogens with zero attached hydrogens (tertiary/aromatic N) is 5. The Bertz CT molecular complexity index is 1230. The van der Waals surface area contributed by atoms with E-state index in [9.17, 15) is 22.8 Å². The third kappa shape index (κ3) is 6.19. The topological polar surface area (TPSA) is 114 Å². The number of aryl methyl sites for hydroxylation is 2. The molecule has 2 fully saturated rings. The van der Waals surface area contributed by atoms with Gasteiger partial charge < -0.3 is 19.9 Å². The molecule has 2 atom stereocenters.